The average molecular weight is 261 g/mol. The number of aliphatic carboxylic acids is 1. The molecular formula is C10H19N3O5. The molecule has 0 heterocycles. The van der Waals surface area contributed by atoms with E-state index in [9.17, 15) is 19.5 Å². The third-order valence-corrected chi connectivity index (χ3v) is 2.31. The van der Waals surface area contributed by atoms with Gasteiger partial charge in [-0.1, -0.05) is 0 Å². The minimum absolute atomic E-state index is 0.176. The number of carboxylic acid groups (broad SMARTS) is 1. The van der Waals surface area contributed by atoms with Crippen LogP contribution >= 0.6 is 0 Å². The van der Waals surface area contributed by atoms with E-state index in [0.29, 0.717) is 0 Å². The molecule has 4 N–H and O–H groups in total. The summed E-state index contributed by atoms with van der Waals surface area (Å²) in [4.78, 5) is 34.8. The van der Waals surface area contributed by atoms with Gasteiger partial charge in [0.2, 0.25) is 5.91 Å². The van der Waals surface area contributed by atoms with Gasteiger partial charge in [0.25, 0.3) is 0 Å². The van der Waals surface area contributed by atoms with Gasteiger partial charge in [0, 0.05) is 13.6 Å². The van der Waals surface area contributed by atoms with Gasteiger partial charge in [-0.2, -0.15) is 0 Å². The molecule has 0 rings (SSSR count). The molecule has 0 aliphatic heterocycles. The highest BCUT2D eigenvalue weighted by Crippen LogP contribution is 1.97. The van der Waals surface area contributed by atoms with Gasteiger partial charge in [0.05, 0.1) is 6.10 Å². The van der Waals surface area contributed by atoms with E-state index in [1.54, 1.807) is 6.92 Å². The Labute approximate surface area is 105 Å². The Morgan fingerprint density at radius 3 is 2.22 bits per heavy atom. The van der Waals surface area contributed by atoms with Gasteiger partial charge in [-0.3, -0.25) is 4.79 Å². The highest BCUT2D eigenvalue weighted by atomic mass is 16.4. The van der Waals surface area contributed by atoms with E-state index < -0.39 is 24.1 Å². The first-order valence-corrected chi connectivity index (χ1v) is 5.50. The van der Waals surface area contributed by atoms with Crippen molar-refractivity contribution in [1.29, 1.82) is 0 Å². The van der Waals surface area contributed by atoms with Gasteiger partial charge >= 0.3 is 12.0 Å². The molecule has 104 valence electrons. The Morgan fingerprint density at radius 2 is 1.89 bits per heavy atom. The van der Waals surface area contributed by atoms with E-state index in [1.165, 1.54) is 14.0 Å². The third kappa shape index (κ3) is 5.00. The number of rotatable bonds is 6. The maximum absolute atomic E-state index is 11.7. The second-order valence-corrected chi connectivity index (χ2v) is 3.69. The number of likely N-dealkylation sites (N-methyl/N-ethyl adjacent to an activating group) is 2. The summed E-state index contributed by atoms with van der Waals surface area (Å²) in [5, 5.41) is 22.5. The standard InChI is InChI=1S/C10H19N3O5/c1-4-13(5-7(15)11-3)10(18)12-8(6(2)14)9(16)17/h6,8,14H,4-5H2,1-3H3,(H,11,15)(H,12,18)(H,16,17). The maximum atomic E-state index is 11.7. The molecule has 8 heteroatoms. The van der Waals surface area contributed by atoms with E-state index in [4.69, 9.17) is 5.11 Å². The Balaban J connectivity index is 4.60. The maximum Gasteiger partial charge on any atom is 0.328 e. The zero-order chi connectivity index (χ0) is 14.3. The number of nitrogens with zero attached hydrogens (tertiary/aromatic N) is 1. The first-order chi connectivity index (χ1) is 8.33. The lowest BCUT2D eigenvalue weighted by Crippen LogP contribution is -2.53. The molecule has 0 saturated heterocycles. The molecule has 0 bridgehead atoms. The molecule has 3 amide bonds. The van der Waals surface area contributed by atoms with E-state index in [2.05, 4.69) is 10.6 Å². The highest BCUT2D eigenvalue weighted by Gasteiger charge is 2.27. The van der Waals surface area contributed by atoms with Crippen LogP contribution in [0.25, 0.3) is 0 Å². The fraction of sp³-hybridized carbons (Fsp3) is 0.700. The van der Waals surface area contributed by atoms with Crippen LogP contribution in [0.3, 0.4) is 0 Å². The van der Waals surface area contributed by atoms with Crippen LogP contribution in [0.1, 0.15) is 13.8 Å². The summed E-state index contributed by atoms with van der Waals surface area (Å²) in [5.41, 5.74) is 0. The van der Waals surface area contributed by atoms with Crippen molar-refractivity contribution in [1.82, 2.24) is 15.5 Å². The molecule has 2 unspecified atom stereocenters. The molecule has 0 aromatic heterocycles. The summed E-state index contributed by atoms with van der Waals surface area (Å²) in [6, 6.07) is -2.12. The lowest BCUT2D eigenvalue weighted by Gasteiger charge is -2.24. The average Bonchev–Trinajstić information content (AvgIpc) is 2.31. The van der Waals surface area contributed by atoms with Gasteiger partial charge in [0.15, 0.2) is 6.04 Å². The van der Waals surface area contributed by atoms with Crippen molar-refractivity contribution in [2.45, 2.75) is 26.0 Å². The number of carboxylic acids is 1. The SMILES string of the molecule is CCN(CC(=O)NC)C(=O)NC(C(=O)O)C(C)O. The molecular weight excluding hydrogens is 242 g/mol. The van der Waals surface area contributed by atoms with Crippen LogP contribution in [0.4, 0.5) is 4.79 Å². The van der Waals surface area contributed by atoms with E-state index in [-0.39, 0.29) is 19.0 Å². The highest BCUT2D eigenvalue weighted by molar-refractivity contribution is 5.86. The fourth-order valence-electron chi connectivity index (χ4n) is 1.19. The normalized spacial score (nSPS) is 13.3. The minimum Gasteiger partial charge on any atom is -0.480 e. The summed E-state index contributed by atoms with van der Waals surface area (Å²) >= 11 is 0. The summed E-state index contributed by atoms with van der Waals surface area (Å²) in [6.07, 6.45) is -1.23. The van der Waals surface area contributed by atoms with Crippen molar-refractivity contribution in [2.24, 2.45) is 0 Å². The zero-order valence-corrected chi connectivity index (χ0v) is 10.6. The number of amides is 3. The number of hydrogen-bond acceptors (Lipinski definition) is 4. The van der Waals surface area contributed by atoms with Gasteiger partial charge in [-0.25, -0.2) is 9.59 Å². The molecule has 18 heavy (non-hydrogen) atoms. The second kappa shape index (κ2) is 7.49. The van der Waals surface area contributed by atoms with Gasteiger partial charge in [-0.05, 0) is 13.8 Å². The van der Waals surface area contributed by atoms with Crippen molar-refractivity contribution >= 4 is 17.9 Å². The minimum atomic E-state index is -1.41. The molecule has 0 fully saturated rings. The molecule has 0 spiro atoms. The van der Waals surface area contributed by atoms with E-state index in [1.807, 2.05) is 0 Å². The van der Waals surface area contributed by atoms with E-state index in [0.717, 1.165) is 4.90 Å². The first-order valence-electron chi connectivity index (χ1n) is 5.50. The fourth-order valence-corrected chi connectivity index (χ4v) is 1.19. The summed E-state index contributed by atoms with van der Waals surface area (Å²) in [6.45, 7) is 2.98. The molecule has 8 nitrogen and oxygen atoms in total. The topological polar surface area (TPSA) is 119 Å². The van der Waals surface area contributed by atoms with Crippen molar-refractivity contribution in [3.63, 3.8) is 0 Å². The smallest absolute Gasteiger partial charge is 0.328 e. The van der Waals surface area contributed by atoms with Crippen LogP contribution in [-0.2, 0) is 9.59 Å². The predicted octanol–water partition coefficient (Wildman–Crippen LogP) is -1.40. The van der Waals surface area contributed by atoms with Crippen LogP contribution < -0.4 is 10.6 Å². The Morgan fingerprint density at radius 1 is 1.33 bits per heavy atom. The van der Waals surface area contributed by atoms with Crippen molar-refractivity contribution in [3.05, 3.63) is 0 Å². The Bertz CT molecular complexity index is 319. The molecule has 0 saturated carbocycles. The molecule has 0 aromatic rings. The molecule has 0 aromatic carbocycles. The van der Waals surface area contributed by atoms with Crippen molar-refractivity contribution in [2.75, 3.05) is 20.1 Å². The Kier molecular flexibility index (Phi) is 6.73. The molecule has 2 atom stereocenters. The molecule has 0 aliphatic carbocycles. The summed E-state index contributed by atoms with van der Waals surface area (Å²) in [7, 11) is 1.43. The van der Waals surface area contributed by atoms with Crippen LogP contribution in [0.2, 0.25) is 0 Å². The van der Waals surface area contributed by atoms with Gasteiger partial charge in [-0.15, -0.1) is 0 Å². The number of aliphatic hydroxyl groups excluding tert-OH is 1. The van der Waals surface area contributed by atoms with Crippen molar-refractivity contribution in [3.8, 4) is 0 Å². The van der Waals surface area contributed by atoms with Crippen LogP contribution in [0.5, 0.6) is 0 Å². The third-order valence-electron chi connectivity index (χ3n) is 2.31. The van der Waals surface area contributed by atoms with Crippen LogP contribution in [0.15, 0.2) is 0 Å². The quantitative estimate of drug-likeness (QED) is 0.469. The summed E-state index contributed by atoms with van der Waals surface area (Å²) in [5.74, 6) is -1.70. The summed E-state index contributed by atoms with van der Waals surface area (Å²) < 4.78 is 0. The number of carbonyl (C=O) groups excluding carboxylic acids is 2. The molecule has 0 aliphatic rings. The second-order valence-electron chi connectivity index (χ2n) is 3.69. The van der Waals surface area contributed by atoms with Crippen LogP contribution in [-0.4, -0.2) is 65.3 Å². The number of carbonyl (C=O) groups is 3. The monoisotopic (exact) mass is 261 g/mol. The zero-order valence-electron chi connectivity index (χ0n) is 10.6. The van der Waals surface area contributed by atoms with Gasteiger partial charge in [0.1, 0.15) is 6.54 Å². The van der Waals surface area contributed by atoms with Crippen LogP contribution in [0, 0.1) is 0 Å². The Hall–Kier alpha value is -1.83. The van der Waals surface area contributed by atoms with Gasteiger partial charge < -0.3 is 25.7 Å². The number of nitrogens with one attached hydrogen (secondary N) is 2. The van der Waals surface area contributed by atoms with E-state index >= 15 is 0 Å². The lowest BCUT2D eigenvalue weighted by molar-refractivity contribution is -0.141. The largest absolute Gasteiger partial charge is 0.480 e. The van der Waals surface area contributed by atoms with Crippen molar-refractivity contribution < 1.29 is 24.6 Å². The lowest BCUT2D eigenvalue weighted by atomic mass is 10.2. The number of hydrogen-bond donors (Lipinski definition) is 4. The number of aliphatic hydroxyl groups is 1. The number of urea groups is 1. The predicted molar refractivity (Wildman–Crippen MR) is 63.0 cm³/mol. The molecule has 0 radical (unpaired) electrons. The first kappa shape index (κ1) is 16.2.